The van der Waals surface area contributed by atoms with E-state index in [-0.39, 0.29) is 70.4 Å². The number of aromatic nitrogens is 6. The molecule has 24 heteroatoms. The monoisotopic (exact) mass is 1040 g/mol. The first-order chi connectivity index (χ1) is 35.0. The zero-order valence-corrected chi connectivity index (χ0v) is 41.7. The molecule has 8 atom stereocenters. The molecule has 0 aliphatic heterocycles. The molecule has 8 unspecified atom stereocenters. The maximum atomic E-state index is 13.6. The number of alkyl halides is 3. The first kappa shape index (κ1) is 51.0. The number of halogens is 3. The highest BCUT2D eigenvalue weighted by atomic mass is 32.1. The summed E-state index contributed by atoms with van der Waals surface area (Å²) in [6, 6.07) is 16.5. The van der Waals surface area contributed by atoms with Gasteiger partial charge < -0.3 is 65.6 Å². The number of ether oxygens (including phenoxy) is 2. The Kier molecular flexibility index (Phi) is 12.7. The minimum absolute atomic E-state index is 0.0378. The van der Waals surface area contributed by atoms with Crippen LogP contribution in [0.25, 0.3) is 43.1 Å². The first-order valence-electron chi connectivity index (χ1n) is 24.0. The van der Waals surface area contributed by atoms with Gasteiger partial charge in [0.15, 0.2) is 16.9 Å². The zero-order valence-electron chi connectivity index (χ0n) is 40.9. The van der Waals surface area contributed by atoms with Crippen LogP contribution in [0.4, 0.5) is 36.7 Å². The van der Waals surface area contributed by atoms with Crippen molar-refractivity contribution in [3.63, 3.8) is 0 Å². The molecule has 0 spiro atoms. The predicted molar refractivity (Wildman–Crippen MR) is 266 cm³/mol. The van der Waals surface area contributed by atoms with Crippen LogP contribution in [0.2, 0.25) is 0 Å². The second-order valence-electron chi connectivity index (χ2n) is 19.4. The van der Waals surface area contributed by atoms with E-state index >= 15 is 0 Å². The number of benzene rings is 2. The SMILES string of the molecule is CCOc1nc(C)cc2cc(-c3c(C)nc(NC(C)c4ccc(C)cc4)nc3NC3(Oc4cccc5sc(-c6c(C)nc(NC(O)(O)C(F)(F)F)nc6NC6(O)CCC(CO)C6O)nc45)CCC4C(O)C43O)oc12. The summed E-state index contributed by atoms with van der Waals surface area (Å²) in [4.78, 5) is 27.6. The molecular formula is C50H55F3N10O10S. The normalized spacial score (nSPS) is 25.0. The number of aryl methyl sites for hydroxylation is 4. The Bertz CT molecular complexity index is 3290. The second-order valence-corrected chi connectivity index (χ2v) is 20.4. The number of hydrogen-bond donors (Lipinski definition) is 11. The van der Waals surface area contributed by atoms with Gasteiger partial charge in [0, 0.05) is 35.9 Å². The van der Waals surface area contributed by atoms with Gasteiger partial charge >= 0.3 is 12.1 Å². The number of nitrogens with zero attached hydrogens (tertiary/aromatic N) is 6. The summed E-state index contributed by atoms with van der Waals surface area (Å²) < 4.78 is 60.8. The van der Waals surface area contributed by atoms with Gasteiger partial charge in [-0.2, -0.15) is 23.1 Å². The molecule has 5 aromatic heterocycles. The van der Waals surface area contributed by atoms with Gasteiger partial charge in [-0.15, -0.1) is 11.3 Å². The van der Waals surface area contributed by atoms with Crippen molar-refractivity contribution in [2.45, 2.75) is 115 Å². The molecule has 10 rings (SSSR count). The lowest BCUT2D eigenvalue weighted by Gasteiger charge is -2.38. The van der Waals surface area contributed by atoms with Crippen molar-refractivity contribution in [1.29, 1.82) is 0 Å². The molecule has 5 heterocycles. The molecule has 3 aliphatic rings. The van der Waals surface area contributed by atoms with Crippen molar-refractivity contribution in [1.82, 2.24) is 29.9 Å². The highest BCUT2D eigenvalue weighted by Gasteiger charge is 2.80. The van der Waals surface area contributed by atoms with Gasteiger partial charge in [-0.1, -0.05) is 35.9 Å². The number of aliphatic hydroxyl groups is 7. The van der Waals surface area contributed by atoms with E-state index in [2.05, 4.69) is 30.9 Å². The van der Waals surface area contributed by atoms with E-state index < -0.39 is 65.7 Å². The van der Waals surface area contributed by atoms with Gasteiger partial charge in [-0.3, -0.25) is 5.32 Å². The average molecular weight is 1050 g/mol. The van der Waals surface area contributed by atoms with Gasteiger partial charge in [-0.25, -0.2) is 19.9 Å². The molecule has 3 aliphatic carbocycles. The number of thiazole rings is 1. The number of aliphatic hydroxyl groups excluding tert-OH is 3. The molecule has 7 aromatic rings. The average Bonchev–Trinajstić information content (AvgIpc) is 3.86. The molecule has 3 fully saturated rings. The number of nitrogens with one attached hydrogen (secondary N) is 4. The third kappa shape index (κ3) is 8.74. The topological polar surface area (TPSA) is 299 Å². The Hall–Kier alpha value is -6.51. The van der Waals surface area contributed by atoms with Crippen LogP contribution >= 0.6 is 11.3 Å². The number of rotatable bonds is 16. The Labute approximate surface area is 424 Å². The standard InChI is InChI=1S/C50H55F3N10O10S/c1-7-71-42-37-29(19-23(3)54-42)20-32(72-37)34-25(5)56-44(55-24(4)27-13-11-22(2)12-14-27)59-40(34)62-47(18-16-30-39(66)48(30,47)68)73-31-9-8-10-33-36(31)58-43(74-33)35-26(6)57-45(63-50(69,70)49(51,52)53)60-41(35)61-46(67)17-15-28(21-64)38(46)65/h8-14,19-20,24,28,30,38-39,64-70H,7,15-18,21H2,1-6H3,(H2,55,56,59,62)(H2,57,60,61,63). The number of fused-ring (bicyclic) bond motifs is 3. The molecule has 74 heavy (non-hydrogen) atoms. The van der Waals surface area contributed by atoms with E-state index in [1.807, 2.05) is 64.1 Å². The third-order valence-electron chi connectivity index (χ3n) is 14.3. The van der Waals surface area contributed by atoms with Gasteiger partial charge in [0.25, 0.3) is 5.88 Å². The van der Waals surface area contributed by atoms with Crippen LogP contribution in [0.3, 0.4) is 0 Å². The van der Waals surface area contributed by atoms with Gasteiger partial charge in [0.05, 0.1) is 46.0 Å². The van der Waals surface area contributed by atoms with Crippen molar-refractivity contribution < 1.29 is 62.8 Å². The smallest absolute Gasteiger partial charge is 0.465 e. The van der Waals surface area contributed by atoms with Crippen LogP contribution in [0.1, 0.15) is 73.8 Å². The van der Waals surface area contributed by atoms with Crippen LogP contribution in [0.5, 0.6) is 11.6 Å². The largest absolute Gasteiger partial charge is 0.475 e. The molecule has 20 nitrogen and oxygen atoms in total. The second kappa shape index (κ2) is 18.4. The number of para-hydroxylation sites is 1. The number of furan rings is 1. The summed E-state index contributed by atoms with van der Waals surface area (Å²) >= 11 is 1.08. The molecule has 0 bridgehead atoms. The Morgan fingerprint density at radius 3 is 2.23 bits per heavy atom. The van der Waals surface area contributed by atoms with Crippen molar-refractivity contribution in [3.05, 3.63) is 82.8 Å². The Morgan fingerprint density at radius 2 is 1.55 bits per heavy atom. The van der Waals surface area contributed by atoms with E-state index in [1.165, 1.54) is 12.2 Å². The summed E-state index contributed by atoms with van der Waals surface area (Å²) in [5, 5.41) is 88.4. The van der Waals surface area contributed by atoms with Gasteiger partial charge in [0.1, 0.15) is 39.8 Å². The van der Waals surface area contributed by atoms with Crippen LogP contribution in [0.15, 0.2) is 59.0 Å². The quantitative estimate of drug-likeness (QED) is 0.0471. The summed E-state index contributed by atoms with van der Waals surface area (Å²) in [6.07, 6.45) is -7.82. The van der Waals surface area contributed by atoms with E-state index in [4.69, 9.17) is 28.8 Å². The van der Waals surface area contributed by atoms with E-state index in [0.717, 1.165) is 22.5 Å². The Morgan fingerprint density at radius 1 is 0.851 bits per heavy atom. The lowest BCUT2D eigenvalue weighted by molar-refractivity contribution is -0.334. The van der Waals surface area contributed by atoms with Crippen LogP contribution < -0.4 is 30.7 Å². The molecule has 11 N–H and O–H groups in total. The first-order valence-corrected chi connectivity index (χ1v) is 24.8. The molecule has 2 aromatic carbocycles. The summed E-state index contributed by atoms with van der Waals surface area (Å²) in [5.74, 6) is -5.87. The minimum Gasteiger partial charge on any atom is -0.475 e. The van der Waals surface area contributed by atoms with Crippen molar-refractivity contribution in [2.75, 3.05) is 34.5 Å². The predicted octanol–water partition coefficient (Wildman–Crippen LogP) is 6.34. The maximum absolute atomic E-state index is 13.6. The Balaban J connectivity index is 1.08. The number of anilines is 4. The summed E-state index contributed by atoms with van der Waals surface area (Å²) in [5.41, 5.74) is -1.51. The van der Waals surface area contributed by atoms with Crippen LogP contribution in [-0.2, 0) is 0 Å². The molecular weight excluding hydrogens is 990 g/mol. The van der Waals surface area contributed by atoms with E-state index in [9.17, 15) is 48.9 Å². The lowest BCUT2D eigenvalue weighted by atomic mass is 10.0. The molecule has 0 amide bonds. The van der Waals surface area contributed by atoms with Crippen molar-refractivity contribution in [2.24, 2.45) is 11.8 Å². The molecule has 3 saturated carbocycles. The van der Waals surface area contributed by atoms with Gasteiger partial charge in [0.2, 0.25) is 17.6 Å². The highest BCUT2D eigenvalue weighted by Crippen LogP contribution is 2.63. The molecule has 392 valence electrons. The van der Waals surface area contributed by atoms with E-state index in [0.29, 0.717) is 57.3 Å². The third-order valence-corrected chi connectivity index (χ3v) is 15.3. The minimum atomic E-state index is -5.59. The van der Waals surface area contributed by atoms with Crippen molar-refractivity contribution in [3.8, 4) is 33.5 Å². The van der Waals surface area contributed by atoms with Crippen molar-refractivity contribution >= 4 is 56.1 Å². The van der Waals surface area contributed by atoms with Crippen LogP contribution in [0, 0.1) is 39.5 Å². The van der Waals surface area contributed by atoms with E-state index in [1.54, 1.807) is 25.1 Å². The maximum Gasteiger partial charge on any atom is 0.465 e. The fourth-order valence-electron chi connectivity index (χ4n) is 10.2. The highest BCUT2D eigenvalue weighted by molar-refractivity contribution is 7.21. The summed E-state index contributed by atoms with van der Waals surface area (Å²) in [7, 11) is 0. The van der Waals surface area contributed by atoms with Crippen LogP contribution in [-0.4, -0.2) is 120 Å². The fraction of sp³-hybridized carbons (Fsp3) is 0.440. The molecule has 0 radical (unpaired) electrons. The number of hydrogen-bond acceptors (Lipinski definition) is 21. The van der Waals surface area contributed by atoms with Gasteiger partial charge in [-0.05, 0) is 90.6 Å². The summed E-state index contributed by atoms with van der Waals surface area (Å²) in [6.45, 7) is 10.7. The zero-order chi connectivity index (χ0) is 52.9. The number of pyridine rings is 1. The fourth-order valence-corrected chi connectivity index (χ4v) is 11.3. The lowest BCUT2D eigenvalue weighted by Crippen LogP contribution is -2.56. The molecule has 0 saturated heterocycles.